The van der Waals surface area contributed by atoms with Gasteiger partial charge in [0, 0.05) is 25.2 Å². The number of nitrogens with one attached hydrogen (secondary N) is 2. The lowest BCUT2D eigenvalue weighted by molar-refractivity contribution is -0.0907. The van der Waals surface area contributed by atoms with Crippen molar-refractivity contribution in [2.24, 2.45) is 16.8 Å². The Balaban J connectivity index is 1.18. The average molecular weight is 627 g/mol. The quantitative estimate of drug-likeness (QED) is 0.326. The summed E-state index contributed by atoms with van der Waals surface area (Å²) in [6.07, 6.45) is 1.08. The topological polar surface area (TPSA) is 139 Å². The van der Waals surface area contributed by atoms with Crippen molar-refractivity contribution in [1.29, 1.82) is 0 Å². The molecule has 3 aliphatic heterocycles. The molecule has 44 heavy (non-hydrogen) atoms. The summed E-state index contributed by atoms with van der Waals surface area (Å²) in [6.45, 7) is 4.68. The molecule has 3 fully saturated rings. The van der Waals surface area contributed by atoms with Crippen LogP contribution < -0.4 is 10.6 Å². The molecule has 12 heteroatoms. The van der Waals surface area contributed by atoms with Crippen LogP contribution in [-0.4, -0.2) is 86.6 Å². The molecule has 5 atom stereocenters. The van der Waals surface area contributed by atoms with Gasteiger partial charge in [0.2, 0.25) is 10.0 Å². The van der Waals surface area contributed by atoms with Crippen LogP contribution in [0.15, 0.2) is 58.4 Å². The first kappa shape index (κ1) is 31.0. The van der Waals surface area contributed by atoms with Gasteiger partial charge in [0.1, 0.15) is 11.9 Å². The van der Waals surface area contributed by atoms with Gasteiger partial charge in [-0.1, -0.05) is 44.2 Å². The van der Waals surface area contributed by atoms with Gasteiger partial charge in [0.05, 0.1) is 42.2 Å². The van der Waals surface area contributed by atoms with E-state index in [0.29, 0.717) is 19.1 Å². The van der Waals surface area contributed by atoms with Gasteiger partial charge in [-0.2, -0.15) is 4.31 Å². The van der Waals surface area contributed by atoms with Gasteiger partial charge in [-0.3, -0.25) is 4.99 Å². The van der Waals surface area contributed by atoms with E-state index < -0.39 is 34.4 Å². The van der Waals surface area contributed by atoms with Gasteiger partial charge in [-0.05, 0) is 60.9 Å². The van der Waals surface area contributed by atoms with Gasteiger partial charge >= 0.3 is 6.09 Å². The summed E-state index contributed by atoms with van der Waals surface area (Å²) >= 11 is 0. The van der Waals surface area contributed by atoms with Crippen LogP contribution in [0.1, 0.15) is 44.2 Å². The minimum absolute atomic E-state index is 0.000197. The second-order valence-electron chi connectivity index (χ2n) is 12.6. The van der Waals surface area contributed by atoms with Gasteiger partial charge < -0.3 is 30.0 Å². The van der Waals surface area contributed by atoms with Gasteiger partial charge in [0.25, 0.3) is 0 Å². The maximum Gasteiger partial charge on any atom is 0.407 e. The fourth-order valence-electron chi connectivity index (χ4n) is 6.07. The number of carbonyl (C=O) groups is 1. The highest BCUT2D eigenvalue weighted by atomic mass is 32.2. The molecule has 2 saturated heterocycles. The van der Waals surface area contributed by atoms with Crippen molar-refractivity contribution in [2.75, 3.05) is 31.6 Å². The number of aliphatic hydroxyl groups is 1. The molecule has 0 unspecified atom stereocenters. The minimum Gasteiger partial charge on any atom is -0.443 e. The first-order chi connectivity index (χ1) is 21.2. The Morgan fingerprint density at radius 3 is 2.68 bits per heavy atom. The maximum atomic E-state index is 14.0. The van der Waals surface area contributed by atoms with Crippen molar-refractivity contribution in [3.63, 3.8) is 0 Å². The van der Waals surface area contributed by atoms with Crippen molar-refractivity contribution in [2.45, 2.75) is 81.4 Å². The van der Waals surface area contributed by atoms with Crippen molar-refractivity contribution < 1.29 is 32.5 Å². The lowest BCUT2D eigenvalue weighted by Crippen LogP contribution is -2.51. The van der Waals surface area contributed by atoms with E-state index in [0.717, 1.165) is 41.9 Å². The second-order valence-corrected chi connectivity index (χ2v) is 14.6. The first-order valence-corrected chi connectivity index (χ1v) is 17.0. The fraction of sp³-hybridized carbons (Fsp3) is 0.562. The standard InChI is InChI=1S/C32H42N4O7S/c1-20(2)17-36(44(39,40)24-10-11-26-22(15-24)16-30(34-26)33-23-8-9-23)18-28(37)27(14-21-6-4-3-5-7-21)35-32(38)43-29-19-42-31-25(29)12-13-41-31/h3-7,10-11,15,20,23,25,27-29,31,37H,8-9,12-14,16-19H2,1-2H3,(H,33,34)(H,35,38)/t25-,27-,28+,29-,31+/m0/s1. The van der Waals surface area contributed by atoms with Crippen LogP contribution >= 0.6 is 0 Å². The number of rotatable bonds is 12. The molecule has 1 amide bonds. The van der Waals surface area contributed by atoms with Gasteiger partial charge in [-0.25, -0.2) is 13.2 Å². The third kappa shape index (κ3) is 7.26. The van der Waals surface area contributed by atoms with Crippen molar-refractivity contribution >= 4 is 27.6 Å². The molecule has 1 aliphatic carbocycles. The number of carbonyl (C=O) groups excluding carboxylic acids is 1. The number of amidine groups is 1. The zero-order chi connectivity index (χ0) is 30.8. The van der Waals surface area contributed by atoms with Crippen LogP contribution in [0.2, 0.25) is 0 Å². The lowest BCUT2D eigenvalue weighted by atomic mass is 10.0. The third-order valence-corrected chi connectivity index (χ3v) is 10.3. The van der Waals surface area contributed by atoms with Crippen LogP contribution in [-0.2, 0) is 37.1 Å². The van der Waals surface area contributed by atoms with Crippen LogP contribution in [0.4, 0.5) is 10.5 Å². The molecular formula is C32H42N4O7S. The summed E-state index contributed by atoms with van der Waals surface area (Å²) in [5.74, 6) is 0.844. The van der Waals surface area contributed by atoms with Crippen LogP contribution in [0.25, 0.3) is 0 Å². The van der Waals surface area contributed by atoms with Crippen molar-refractivity contribution in [3.05, 3.63) is 59.7 Å². The summed E-state index contributed by atoms with van der Waals surface area (Å²) in [5, 5.41) is 17.7. The molecule has 2 aromatic carbocycles. The Hall–Kier alpha value is -3.03. The molecule has 6 rings (SSSR count). The summed E-state index contributed by atoms with van der Waals surface area (Å²) in [4.78, 5) is 17.9. The number of ether oxygens (including phenoxy) is 3. The molecule has 4 aliphatic rings. The van der Waals surface area contributed by atoms with E-state index in [1.165, 1.54) is 4.31 Å². The van der Waals surface area contributed by atoms with Crippen molar-refractivity contribution in [1.82, 2.24) is 9.62 Å². The number of aliphatic imine (C=N–C) groups is 1. The predicted molar refractivity (Wildman–Crippen MR) is 165 cm³/mol. The molecule has 3 heterocycles. The number of amides is 1. The third-order valence-electron chi connectivity index (χ3n) is 8.51. The summed E-state index contributed by atoms with van der Waals surface area (Å²) < 4.78 is 46.2. The highest BCUT2D eigenvalue weighted by molar-refractivity contribution is 7.89. The van der Waals surface area contributed by atoms with Crippen LogP contribution in [0.3, 0.4) is 0 Å². The van der Waals surface area contributed by atoms with Gasteiger partial charge in [-0.15, -0.1) is 0 Å². The maximum absolute atomic E-state index is 14.0. The Kier molecular flexibility index (Phi) is 9.25. The van der Waals surface area contributed by atoms with Gasteiger partial charge in [0.15, 0.2) is 6.29 Å². The first-order valence-electron chi connectivity index (χ1n) is 15.5. The Morgan fingerprint density at radius 2 is 1.93 bits per heavy atom. The van der Waals surface area contributed by atoms with Crippen LogP contribution in [0, 0.1) is 11.8 Å². The molecule has 3 N–H and O–H groups in total. The van der Waals surface area contributed by atoms with E-state index in [4.69, 9.17) is 14.2 Å². The molecule has 0 bridgehead atoms. The number of fused-ring (bicyclic) bond motifs is 2. The molecule has 2 aromatic rings. The fourth-order valence-corrected chi connectivity index (χ4v) is 7.74. The number of hydrogen-bond acceptors (Lipinski definition) is 8. The smallest absolute Gasteiger partial charge is 0.407 e. The van der Waals surface area contributed by atoms with E-state index in [2.05, 4.69) is 15.6 Å². The molecular weight excluding hydrogens is 584 g/mol. The number of aliphatic hydroxyl groups excluding tert-OH is 1. The highest BCUT2D eigenvalue weighted by Gasteiger charge is 2.44. The van der Waals surface area contributed by atoms with E-state index in [9.17, 15) is 18.3 Å². The normalized spacial score (nSPS) is 25.1. The molecule has 0 aromatic heterocycles. The molecule has 11 nitrogen and oxygen atoms in total. The Labute approximate surface area is 259 Å². The Bertz CT molecular complexity index is 1460. The molecule has 0 radical (unpaired) electrons. The SMILES string of the molecule is CC(C)CN(C[C@@H](O)[C@H](Cc1ccccc1)NC(=O)O[C@H]1CO[C@H]2OCC[C@H]21)S(=O)(=O)c1ccc2c(c1)CC(=NC1CC1)N2. The largest absolute Gasteiger partial charge is 0.443 e. The summed E-state index contributed by atoms with van der Waals surface area (Å²) in [6, 6.07) is 14.1. The van der Waals surface area contributed by atoms with Crippen LogP contribution in [0.5, 0.6) is 0 Å². The molecule has 0 spiro atoms. The number of anilines is 1. The highest BCUT2D eigenvalue weighted by Crippen LogP contribution is 2.33. The number of alkyl carbamates (subject to hydrolysis) is 1. The molecule has 1 saturated carbocycles. The van der Waals surface area contributed by atoms with E-state index in [1.807, 2.05) is 44.2 Å². The summed E-state index contributed by atoms with van der Waals surface area (Å²) in [5.41, 5.74) is 2.64. The minimum atomic E-state index is -3.97. The lowest BCUT2D eigenvalue weighted by Gasteiger charge is -2.31. The second kappa shape index (κ2) is 13.1. The molecule has 238 valence electrons. The van der Waals surface area contributed by atoms with E-state index in [-0.39, 0.29) is 49.1 Å². The Morgan fingerprint density at radius 1 is 1.14 bits per heavy atom. The average Bonchev–Trinajstić information content (AvgIpc) is 3.35. The van der Waals surface area contributed by atoms with E-state index >= 15 is 0 Å². The number of benzene rings is 2. The number of sulfonamides is 1. The predicted octanol–water partition coefficient (Wildman–Crippen LogP) is 3.32. The summed E-state index contributed by atoms with van der Waals surface area (Å²) in [7, 11) is -3.97. The number of nitrogens with zero attached hydrogens (tertiary/aromatic N) is 2. The zero-order valence-corrected chi connectivity index (χ0v) is 26.0. The van der Waals surface area contributed by atoms with Crippen molar-refractivity contribution in [3.8, 4) is 0 Å². The van der Waals surface area contributed by atoms with E-state index in [1.54, 1.807) is 18.2 Å². The number of hydrogen-bond donors (Lipinski definition) is 3. The monoisotopic (exact) mass is 626 g/mol. The zero-order valence-electron chi connectivity index (χ0n) is 25.2.